The minimum Gasteiger partial charge on any atom is -0.378 e. The number of halogens is 1. The van der Waals surface area contributed by atoms with Gasteiger partial charge in [0.2, 0.25) is 0 Å². The minimum atomic E-state index is 0.532. The van der Waals surface area contributed by atoms with Crippen LogP contribution < -0.4 is 0 Å². The van der Waals surface area contributed by atoms with Crippen LogP contribution in [-0.4, -0.2) is 18.0 Å². The molecule has 1 nitrogen and oxygen atoms in total. The smallest absolute Gasteiger partial charge is 0.0609 e. The highest BCUT2D eigenvalue weighted by Gasteiger charge is 2.22. The van der Waals surface area contributed by atoms with Crippen LogP contribution in [0.25, 0.3) is 0 Å². The van der Waals surface area contributed by atoms with Crippen LogP contribution in [0.15, 0.2) is 0 Å². The van der Waals surface area contributed by atoms with Gasteiger partial charge in [-0.25, -0.2) is 0 Å². The van der Waals surface area contributed by atoms with E-state index in [4.69, 9.17) is 4.74 Å². The molecule has 1 saturated heterocycles. The van der Waals surface area contributed by atoms with Gasteiger partial charge in [0.1, 0.15) is 0 Å². The fraction of sp³-hybridized carbons (Fsp3) is 1.00. The normalized spacial score (nSPS) is 35.3. The van der Waals surface area contributed by atoms with Gasteiger partial charge in [0, 0.05) is 11.9 Å². The van der Waals surface area contributed by atoms with Gasteiger partial charge in [0.05, 0.1) is 6.10 Å². The summed E-state index contributed by atoms with van der Waals surface area (Å²) in [6, 6.07) is 0. The third kappa shape index (κ3) is 1.94. The summed E-state index contributed by atoms with van der Waals surface area (Å²) in [5, 5.41) is 1.07. The molecule has 0 spiro atoms. The Balaban J connectivity index is 2.22. The fourth-order valence-electron chi connectivity index (χ4n) is 1.23. The summed E-state index contributed by atoms with van der Waals surface area (Å²) in [4.78, 5) is 0. The van der Waals surface area contributed by atoms with Crippen LogP contribution >= 0.6 is 15.9 Å². The van der Waals surface area contributed by atoms with E-state index >= 15 is 0 Å². The first-order valence-corrected chi connectivity index (χ1v) is 4.64. The molecule has 1 fully saturated rings. The maximum absolute atomic E-state index is 5.48. The molecular formula is C7H13BrO. The lowest BCUT2D eigenvalue weighted by Crippen LogP contribution is -2.12. The minimum absolute atomic E-state index is 0.532. The molecule has 54 valence electrons. The van der Waals surface area contributed by atoms with Crippen LogP contribution in [0, 0.1) is 5.92 Å². The van der Waals surface area contributed by atoms with Gasteiger partial charge in [-0.15, -0.1) is 0 Å². The summed E-state index contributed by atoms with van der Waals surface area (Å²) in [6.07, 6.45) is 2.95. The molecule has 2 unspecified atom stereocenters. The number of rotatable bonds is 2. The Morgan fingerprint density at radius 1 is 1.67 bits per heavy atom. The molecule has 0 aliphatic carbocycles. The van der Waals surface area contributed by atoms with E-state index < -0.39 is 0 Å². The molecule has 0 radical (unpaired) electrons. The zero-order valence-electron chi connectivity index (χ0n) is 5.77. The largest absolute Gasteiger partial charge is 0.378 e. The topological polar surface area (TPSA) is 9.23 Å². The monoisotopic (exact) mass is 192 g/mol. The molecule has 0 saturated carbocycles. The molecule has 0 aromatic carbocycles. The Kier molecular flexibility index (Phi) is 2.99. The summed E-state index contributed by atoms with van der Waals surface area (Å²) in [5.74, 6) is 0.780. The maximum Gasteiger partial charge on any atom is 0.0609 e. The summed E-state index contributed by atoms with van der Waals surface area (Å²) < 4.78 is 5.48. The first-order chi connectivity index (χ1) is 4.34. The van der Waals surface area contributed by atoms with E-state index in [1.807, 2.05) is 0 Å². The van der Waals surface area contributed by atoms with E-state index in [1.54, 1.807) is 0 Å². The lowest BCUT2D eigenvalue weighted by atomic mass is 10.0. The molecule has 1 heterocycles. The second kappa shape index (κ2) is 3.57. The third-order valence-electron chi connectivity index (χ3n) is 1.93. The number of hydrogen-bond acceptors (Lipinski definition) is 1. The lowest BCUT2D eigenvalue weighted by Gasteiger charge is -2.11. The SMILES string of the molecule is CC1CCOC1CCBr. The molecule has 0 aromatic heterocycles. The van der Waals surface area contributed by atoms with Crippen molar-refractivity contribution < 1.29 is 4.74 Å². The summed E-state index contributed by atoms with van der Waals surface area (Å²) in [6.45, 7) is 3.24. The Bertz CT molecular complexity index is 85.0. The van der Waals surface area contributed by atoms with Crippen LogP contribution in [0.3, 0.4) is 0 Å². The number of alkyl halides is 1. The highest BCUT2D eigenvalue weighted by atomic mass is 79.9. The summed E-state index contributed by atoms with van der Waals surface area (Å²) in [7, 11) is 0. The van der Waals surface area contributed by atoms with Gasteiger partial charge in [-0.1, -0.05) is 22.9 Å². The molecule has 0 N–H and O–H groups in total. The average Bonchev–Trinajstić information content (AvgIpc) is 2.18. The summed E-state index contributed by atoms with van der Waals surface area (Å²) in [5.41, 5.74) is 0. The Labute approximate surface area is 64.9 Å². The van der Waals surface area contributed by atoms with Gasteiger partial charge in [0.15, 0.2) is 0 Å². The van der Waals surface area contributed by atoms with E-state index in [0.29, 0.717) is 6.10 Å². The third-order valence-corrected chi connectivity index (χ3v) is 2.39. The van der Waals surface area contributed by atoms with Crippen molar-refractivity contribution in [3.05, 3.63) is 0 Å². The van der Waals surface area contributed by atoms with Crippen molar-refractivity contribution in [3.63, 3.8) is 0 Å². The van der Waals surface area contributed by atoms with Crippen LogP contribution in [0.4, 0.5) is 0 Å². The van der Waals surface area contributed by atoms with E-state index in [1.165, 1.54) is 12.8 Å². The zero-order chi connectivity index (χ0) is 6.69. The van der Waals surface area contributed by atoms with E-state index in [9.17, 15) is 0 Å². The van der Waals surface area contributed by atoms with E-state index in [-0.39, 0.29) is 0 Å². The van der Waals surface area contributed by atoms with Crippen molar-refractivity contribution in [1.29, 1.82) is 0 Å². The second-order valence-corrected chi connectivity index (χ2v) is 3.45. The zero-order valence-corrected chi connectivity index (χ0v) is 7.36. The predicted octanol–water partition coefficient (Wildman–Crippen LogP) is 2.20. The van der Waals surface area contributed by atoms with Gasteiger partial charge in [-0.3, -0.25) is 0 Å². The number of ether oxygens (including phenoxy) is 1. The molecule has 1 aliphatic rings. The van der Waals surface area contributed by atoms with Gasteiger partial charge in [0.25, 0.3) is 0 Å². The van der Waals surface area contributed by atoms with Crippen molar-refractivity contribution in [2.24, 2.45) is 5.92 Å². The van der Waals surface area contributed by atoms with Gasteiger partial charge < -0.3 is 4.74 Å². The van der Waals surface area contributed by atoms with Crippen molar-refractivity contribution >= 4 is 15.9 Å². The highest BCUT2D eigenvalue weighted by molar-refractivity contribution is 9.09. The molecule has 0 aromatic rings. The second-order valence-electron chi connectivity index (χ2n) is 2.65. The summed E-state index contributed by atoms with van der Waals surface area (Å²) >= 11 is 3.41. The molecular weight excluding hydrogens is 180 g/mol. The molecule has 0 amide bonds. The molecule has 1 aliphatic heterocycles. The quantitative estimate of drug-likeness (QED) is 0.611. The Morgan fingerprint density at radius 3 is 2.89 bits per heavy atom. The lowest BCUT2D eigenvalue weighted by molar-refractivity contribution is 0.0923. The standard InChI is InChI=1S/C7H13BrO/c1-6-3-5-9-7(6)2-4-8/h6-7H,2-5H2,1H3. The van der Waals surface area contributed by atoms with Gasteiger partial charge >= 0.3 is 0 Å². The van der Waals surface area contributed by atoms with Gasteiger partial charge in [-0.05, 0) is 18.8 Å². The van der Waals surface area contributed by atoms with Gasteiger partial charge in [-0.2, -0.15) is 0 Å². The van der Waals surface area contributed by atoms with Crippen molar-refractivity contribution in [3.8, 4) is 0 Å². The fourth-order valence-corrected chi connectivity index (χ4v) is 1.68. The Morgan fingerprint density at radius 2 is 2.44 bits per heavy atom. The first-order valence-electron chi connectivity index (χ1n) is 3.52. The van der Waals surface area contributed by atoms with Crippen LogP contribution in [0.5, 0.6) is 0 Å². The van der Waals surface area contributed by atoms with Crippen molar-refractivity contribution in [2.75, 3.05) is 11.9 Å². The van der Waals surface area contributed by atoms with E-state index in [0.717, 1.165) is 17.9 Å². The highest BCUT2D eigenvalue weighted by Crippen LogP contribution is 2.22. The van der Waals surface area contributed by atoms with Crippen molar-refractivity contribution in [2.45, 2.75) is 25.9 Å². The van der Waals surface area contributed by atoms with Crippen LogP contribution in [0.1, 0.15) is 19.8 Å². The molecule has 2 heteroatoms. The predicted molar refractivity (Wildman–Crippen MR) is 41.9 cm³/mol. The number of hydrogen-bond donors (Lipinski definition) is 0. The Hall–Kier alpha value is 0.440. The van der Waals surface area contributed by atoms with Crippen LogP contribution in [-0.2, 0) is 4.74 Å². The average molecular weight is 193 g/mol. The van der Waals surface area contributed by atoms with Crippen molar-refractivity contribution in [1.82, 2.24) is 0 Å². The first kappa shape index (κ1) is 7.55. The maximum atomic E-state index is 5.48. The molecule has 1 rings (SSSR count). The van der Waals surface area contributed by atoms with Crippen LogP contribution in [0.2, 0.25) is 0 Å². The molecule has 2 atom stereocenters. The molecule has 9 heavy (non-hydrogen) atoms. The molecule has 0 bridgehead atoms. The van der Waals surface area contributed by atoms with E-state index in [2.05, 4.69) is 22.9 Å².